The highest BCUT2D eigenvalue weighted by atomic mass is 32.1. The average molecular weight is 317 g/mol. The van der Waals surface area contributed by atoms with Crippen LogP contribution in [0, 0.1) is 0 Å². The Hall–Kier alpha value is -1.34. The number of hydrogen-bond acceptors (Lipinski definition) is 3. The summed E-state index contributed by atoms with van der Waals surface area (Å²) in [4.78, 5) is 3.91. The van der Waals surface area contributed by atoms with Crippen molar-refractivity contribution in [2.24, 2.45) is 5.73 Å². The van der Waals surface area contributed by atoms with E-state index in [2.05, 4.69) is 11.8 Å². The van der Waals surface area contributed by atoms with E-state index in [0.29, 0.717) is 24.8 Å². The molecule has 1 fully saturated rings. The first-order valence-corrected chi connectivity index (χ1v) is 7.07. The van der Waals surface area contributed by atoms with Crippen LogP contribution in [0.5, 0.6) is 0 Å². The smallest absolute Gasteiger partial charge is 0.389 e. The molecule has 0 aromatic heterocycles. The van der Waals surface area contributed by atoms with Crippen LogP contribution in [0.3, 0.4) is 0 Å². The highest BCUT2D eigenvalue weighted by Gasteiger charge is 2.35. The molecule has 1 heterocycles. The van der Waals surface area contributed by atoms with Gasteiger partial charge in [0.2, 0.25) is 0 Å². The maximum atomic E-state index is 13.2. The molecule has 0 amide bonds. The predicted octanol–water partition coefficient (Wildman–Crippen LogP) is 2.48. The molecule has 1 atom stereocenters. The van der Waals surface area contributed by atoms with Crippen LogP contribution in [-0.4, -0.2) is 42.6 Å². The fourth-order valence-electron chi connectivity index (χ4n) is 2.46. The van der Waals surface area contributed by atoms with E-state index >= 15 is 0 Å². The molecule has 1 saturated heterocycles. The number of thiocarbonyl (C=S) groups is 1. The van der Waals surface area contributed by atoms with Crippen LogP contribution in [0.1, 0.15) is 18.1 Å². The van der Waals surface area contributed by atoms with Gasteiger partial charge in [0.15, 0.2) is 0 Å². The van der Waals surface area contributed by atoms with Crippen molar-refractivity contribution in [3.8, 4) is 0 Å². The SMILES string of the molecule is CC1CN(c2ccc(C(N)=S)c(C(F)(F)F)c2)CCN1C. The Morgan fingerprint density at radius 2 is 2.00 bits per heavy atom. The zero-order valence-corrected chi connectivity index (χ0v) is 12.8. The fourth-order valence-corrected chi connectivity index (χ4v) is 2.64. The zero-order chi connectivity index (χ0) is 15.8. The average Bonchev–Trinajstić information content (AvgIpc) is 2.40. The van der Waals surface area contributed by atoms with Crippen molar-refractivity contribution in [2.75, 3.05) is 31.6 Å². The minimum atomic E-state index is -4.47. The molecule has 0 radical (unpaired) electrons. The molecule has 0 aliphatic carbocycles. The summed E-state index contributed by atoms with van der Waals surface area (Å²) in [5.74, 6) is 0. The van der Waals surface area contributed by atoms with Gasteiger partial charge in [-0.1, -0.05) is 12.2 Å². The van der Waals surface area contributed by atoms with Gasteiger partial charge in [-0.05, 0) is 32.2 Å². The third-order valence-electron chi connectivity index (χ3n) is 3.90. The summed E-state index contributed by atoms with van der Waals surface area (Å²) in [7, 11) is 2.01. The van der Waals surface area contributed by atoms with Crippen LogP contribution < -0.4 is 10.6 Å². The van der Waals surface area contributed by atoms with Gasteiger partial charge in [-0.2, -0.15) is 13.2 Å². The van der Waals surface area contributed by atoms with Crippen molar-refractivity contribution in [2.45, 2.75) is 19.1 Å². The lowest BCUT2D eigenvalue weighted by Crippen LogP contribution is -2.50. The number of likely N-dealkylation sites (N-methyl/N-ethyl adjacent to an activating group) is 1. The summed E-state index contributed by atoms with van der Waals surface area (Å²) < 4.78 is 39.5. The molecule has 21 heavy (non-hydrogen) atoms. The fraction of sp³-hybridized carbons (Fsp3) is 0.500. The summed E-state index contributed by atoms with van der Waals surface area (Å²) in [5.41, 5.74) is 5.06. The monoisotopic (exact) mass is 317 g/mol. The summed E-state index contributed by atoms with van der Waals surface area (Å²) in [6.07, 6.45) is -4.47. The molecule has 0 saturated carbocycles. The maximum absolute atomic E-state index is 13.2. The molecule has 3 nitrogen and oxygen atoms in total. The molecule has 1 unspecified atom stereocenters. The topological polar surface area (TPSA) is 32.5 Å². The van der Waals surface area contributed by atoms with E-state index in [1.54, 1.807) is 6.07 Å². The van der Waals surface area contributed by atoms with Crippen molar-refractivity contribution in [1.29, 1.82) is 0 Å². The second kappa shape index (κ2) is 5.81. The number of hydrogen-bond donors (Lipinski definition) is 1. The quantitative estimate of drug-likeness (QED) is 0.850. The first kappa shape index (κ1) is 16.0. The largest absolute Gasteiger partial charge is 0.417 e. The van der Waals surface area contributed by atoms with Gasteiger partial charge in [-0.15, -0.1) is 0 Å². The third kappa shape index (κ3) is 3.47. The Labute approximate surface area is 127 Å². The lowest BCUT2D eigenvalue weighted by Gasteiger charge is -2.39. The normalized spacial score (nSPS) is 20.6. The molecule has 2 rings (SSSR count). The van der Waals surface area contributed by atoms with Crippen LogP contribution in [-0.2, 0) is 6.18 Å². The second-order valence-electron chi connectivity index (χ2n) is 5.37. The van der Waals surface area contributed by atoms with E-state index < -0.39 is 11.7 Å². The molecule has 116 valence electrons. The number of rotatable bonds is 2. The molecule has 1 aromatic carbocycles. The lowest BCUT2D eigenvalue weighted by atomic mass is 10.0. The predicted molar refractivity (Wildman–Crippen MR) is 81.6 cm³/mol. The standard InChI is InChI=1S/C14H18F3N3S/c1-9-8-20(6-5-19(9)2)10-3-4-11(13(18)21)12(7-10)14(15,16)17/h3-4,7,9H,5-6,8H2,1-2H3,(H2,18,21). The van der Waals surface area contributed by atoms with E-state index in [1.165, 1.54) is 6.07 Å². The number of halogens is 3. The van der Waals surface area contributed by atoms with Gasteiger partial charge < -0.3 is 15.5 Å². The van der Waals surface area contributed by atoms with E-state index in [4.69, 9.17) is 18.0 Å². The third-order valence-corrected chi connectivity index (χ3v) is 4.12. The molecular weight excluding hydrogens is 299 g/mol. The van der Waals surface area contributed by atoms with Gasteiger partial charge in [0, 0.05) is 36.9 Å². The number of benzene rings is 1. The maximum Gasteiger partial charge on any atom is 0.417 e. The molecule has 7 heteroatoms. The van der Waals surface area contributed by atoms with Crippen LogP contribution in [0.25, 0.3) is 0 Å². The van der Waals surface area contributed by atoms with Crippen molar-refractivity contribution in [3.05, 3.63) is 29.3 Å². The molecule has 1 aromatic rings. The van der Waals surface area contributed by atoms with Gasteiger partial charge in [0.25, 0.3) is 0 Å². The Bertz CT molecular complexity index is 545. The Balaban J connectivity index is 2.36. The van der Waals surface area contributed by atoms with E-state index in [1.807, 2.05) is 11.9 Å². The van der Waals surface area contributed by atoms with Crippen LogP contribution in [0.4, 0.5) is 18.9 Å². The number of nitrogens with two attached hydrogens (primary N) is 1. The first-order chi connectivity index (χ1) is 9.70. The van der Waals surface area contributed by atoms with E-state index in [0.717, 1.165) is 12.6 Å². The molecule has 1 aliphatic rings. The summed E-state index contributed by atoms with van der Waals surface area (Å²) in [5, 5.41) is 0. The van der Waals surface area contributed by atoms with Gasteiger partial charge >= 0.3 is 6.18 Å². The van der Waals surface area contributed by atoms with Gasteiger partial charge in [0.05, 0.1) is 5.56 Å². The zero-order valence-electron chi connectivity index (χ0n) is 11.9. The first-order valence-electron chi connectivity index (χ1n) is 6.66. The summed E-state index contributed by atoms with van der Waals surface area (Å²) >= 11 is 4.71. The molecule has 0 bridgehead atoms. The summed E-state index contributed by atoms with van der Waals surface area (Å²) in [6, 6.07) is 4.46. The van der Waals surface area contributed by atoms with E-state index in [-0.39, 0.29) is 10.6 Å². The number of alkyl halides is 3. The molecule has 0 spiro atoms. The molecule has 1 aliphatic heterocycles. The van der Waals surface area contributed by atoms with Crippen LogP contribution in [0.15, 0.2) is 18.2 Å². The van der Waals surface area contributed by atoms with Crippen molar-refractivity contribution < 1.29 is 13.2 Å². The Morgan fingerprint density at radius 1 is 1.33 bits per heavy atom. The van der Waals surface area contributed by atoms with Crippen LogP contribution >= 0.6 is 12.2 Å². The van der Waals surface area contributed by atoms with Gasteiger partial charge in [-0.25, -0.2) is 0 Å². The van der Waals surface area contributed by atoms with Crippen molar-refractivity contribution in [3.63, 3.8) is 0 Å². The summed E-state index contributed by atoms with van der Waals surface area (Å²) in [6.45, 7) is 4.27. The van der Waals surface area contributed by atoms with Gasteiger partial charge in [0.1, 0.15) is 4.99 Å². The van der Waals surface area contributed by atoms with Crippen LogP contribution in [0.2, 0.25) is 0 Å². The molecular formula is C14H18F3N3S. The Morgan fingerprint density at radius 3 is 2.52 bits per heavy atom. The van der Waals surface area contributed by atoms with Gasteiger partial charge in [-0.3, -0.25) is 0 Å². The Kier molecular flexibility index (Phi) is 4.43. The number of anilines is 1. The number of nitrogens with zero attached hydrogens (tertiary/aromatic N) is 2. The second-order valence-corrected chi connectivity index (χ2v) is 5.81. The van der Waals surface area contributed by atoms with Crippen molar-refractivity contribution >= 4 is 22.9 Å². The van der Waals surface area contributed by atoms with E-state index in [9.17, 15) is 13.2 Å². The lowest BCUT2D eigenvalue weighted by molar-refractivity contribution is -0.137. The van der Waals surface area contributed by atoms with Crippen molar-refractivity contribution in [1.82, 2.24) is 4.90 Å². The minimum absolute atomic E-state index is 0.122. The highest BCUT2D eigenvalue weighted by Crippen LogP contribution is 2.35. The highest BCUT2D eigenvalue weighted by molar-refractivity contribution is 7.80. The molecule has 2 N–H and O–H groups in total. The minimum Gasteiger partial charge on any atom is -0.389 e. The number of piperazine rings is 1.